The van der Waals surface area contributed by atoms with Gasteiger partial charge in [-0.05, 0) is 56.3 Å². The molecule has 0 saturated carbocycles. The Morgan fingerprint density at radius 1 is 1.03 bits per heavy atom. The molecule has 2 rings (SSSR count). The largest absolute Gasteiger partial charge is 0.493 e. The Kier molecular flexibility index (Phi) is 8.87. The van der Waals surface area contributed by atoms with Gasteiger partial charge in [0.25, 0.3) is 11.8 Å². The summed E-state index contributed by atoms with van der Waals surface area (Å²) in [5, 5.41) is 2.72. The summed E-state index contributed by atoms with van der Waals surface area (Å²) in [6.45, 7) is 3.13. The molecule has 31 heavy (non-hydrogen) atoms. The Hall–Kier alpha value is -3.07. The van der Waals surface area contributed by atoms with Gasteiger partial charge >= 0.3 is 5.97 Å². The number of carbonyl (C=O) groups excluding carboxylic acids is 3. The van der Waals surface area contributed by atoms with Crippen LogP contribution in [0.3, 0.4) is 0 Å². The summed E-state index contributed by atoms with van der Waals surface area (Å²) >= 11 is 3.33. The van der Waals surface area contributed by atoms with E-state index in [4.69, 9.17) is 14.2 Å². The van der Waals surface area contributed by atoms with Gasteiger partial charge in [0.05, 0.1) is 12.7 Å². The summed E-state index contributed by atoms with van der Waals surface area (Å²) in [6, 6.07) is 11.6. The summed E-state index contributed by atoms with van der Waals surface area (Å²) in [4.78, 5) is 37.8. The maximum absolute atomic E-state index is 12.3. The zero-order chi connectivity index (χ0) is 23.0. The Labute approximate surface area is 189 Å². The number of rotatable bonds is 9. The van der Waals surface area contributed by atoms with Crippen LogP contribution in [0.1, 0.15) is 24.2 Å². The Morgan fingerprint density at radius 3 is 2.32 bits per heavy atom. The SMILES string of the molecule is COc1cc(C(=O)OCC(=O)N(C)C(C)C)ccc1OCC(=O)Nc1ccc(Br)cc1. The number of anilines is 1. The van der Waals surface area contributed by atoms with Crippen LogP contribution in [0.5, 0.6) is 11.5 Å². The quantitative estimate of drug-likeness (QED) is 0.538. The summed E-state index contributed by atoms with van der Waals surface area (Å²) in [7, 11) is 3.06. The van der Waals surface area contributed by atoms with Crippen molar-refractivity contribution in [1.82, 2.24) is 4.90 Å². The van der Waals surface area contributed by atoms with Crippen LogP contribution < -0.4 is 14.8 Å². The zero-order valence-corrected chi connectivity index (χ0v) is 19.4. The lowest BCUT2D eigenvalue weighted by Crippen LogP contribution is -2.36. The van der Waals surface area contributed by atoms with Crippen LogP contribution in [0.4, 0.5) is 5.69 Å². The van der Waals surface area contributed by atoms with Crippen molar-refractivity contribution in [3.8, 4) is 11.5 Å². The minimum atomic E-state index is -0.664. The fourth-order valence-electron chi connectivity index (χ4n) is 2.39. The van der Waals surface area contributed by atoms with Gasteiger partial charge in [-0.1, -0.05) is 15.9 Å². The molecular weight excluding hydrogens is 468 g/mol. The average molecular weight is 493 g/mol. The molecule has 0 aromatic heterocycles. The molecule has 0 aliphatic carbocycles. The molecule has 0 aliphatic rings. The average Bonchev–Trinajstić information content (AvgIpc) is 2.76. The number of likely N-dealkylation sites (N-methyl/N-ethyl adjacent to an activating group) is 1. The lowest BCUT2D eigenvalue weighted by molar-refractivity contribution is -0.134. The van der Waals surface area contributed by atoms with E-state index in [-0.39, 0.29) is 42.4 Å². The van der Waals surface area contributed by atoms with Crippen molar-refractivity contribution >= 4 is 39.4 Å². The highest BCUT2D eigenvalue weighted by atomic mass is 79.9. The third kappa shape index (κ3) is 7.29. The molecular formula is C22H25BrN2O6. The topological polar surface area (TPSA) is 94.2 Å². The van der Waals surface area contributed by atoms with E-state index in [1.54, 1.807) is 19.2 Å². The summed E-state index contributed by atoms with van der Waals surface area (Å²) in [5.74, 6) is -0.756. The third-order valence-corrected chi connectivity index (χ3v) is 4.91. The standard InChI is InChI=1S/C22H25BrN2O6/c1-14(2)25(3)21(27)13-31-22(28)15-5-10-18(19(11-15)29-4)30-12-20(26)24-17-8-6-16(23)7-9-17/h5-11,14H,12-13H2,1-4H3,(H,24,26). The van der Waals surface area contributed by atoms with Crippen molar-refractivity contribution in [3.63, 3.8) is 0 Å². The molecule has 0 unspecified atom stereocenters. The monoisotopic (exact) mass is 492 g/mol. The second-order valence-electron chi connectivity index (χ2n) is 6.88. The second kappa shape index (κ2) is 11.4. The number of hydrogen-bond acceptors (Lipinski definition) is 6. The predicted molar refractivity (Wildman–Crippen MR) is 119 cm³/mol. The van der Waals surface area contributed by atoms with Gasteiger partial charge < -0.3 is 24.4 Å². The van der Waals surface area contributed by atoms with Crippen LogP contribution in [0, 0.1) is 0 Å². The van der Waals surface area contributed by atoms with E-state index < -0.39 is 5.97 Å². The van der Waals surface area contributed by atoms with Crippen molar-refractivity contribution in [2.24, 2.45) is 0 Å². The number of nitrogens with zero attached hydrogens (tertiary/aromatic N) is 1. The van der Waals surface area contributed by atoms with Gasteiger partial charge in [0.2, 0.25) is 0 Å². The number of esters is 1. The van der Waals surface area contributed by atoms with Crippen LogP contribution in [-0.2, 0) is 14.3 Å². The molecule has 0 heterocycles. The van der Waals surface area contributed by atoms with Gasteiger partial charge in [-0.25, -0.2) is 4.79 Å². The smallest absolute Gasteiger partial charge is 0.338 e. The minimum absolute atomic E-state index is 0.00342. The summed E-state index contributed by atoms with van der Waals surface area (Å²) in [5.41, 5.74) is 0.836. The lowest BCUT2D eigenvalue weighted by Gasteiger charge is -2.21. The van der Waals surface area contributed by atoms with E-state index in [2.05, 4.69) is 21.2 Å². The first-order chi connectivity index (χ1) is 14.7. The molecule has 0 fully saturated rings. The van der Waals surface area contributed by atoms with E-state index in [0.29, 0.717) is 11.4 Å². The molecule has 0 atom stereocenters. The lowest BCUT2D eigenvalue weighted by atomic mass is 10.2. The molecule has 0 spiro atoms. The van der Waals surface area contributed by atoms with Crippen LogP contribution >= 0.6 is 15.9 Å². The Morgan fingerprint density at radius 2 is 1.71 bits per heavy atom. The highest BCUT2D eigenvalue weighted by Crippen LogP contribution is 2.28. The van der Waals surface area contributed by atoms with Crippen LogP contribution in [0.25, 0.3) is 0 Å². The van der Waals surface area contributed by atoms with E-state index >= 15 is 0 Å². The van der Waals surface area contributed by atoms with Crippen molar-refractivity contribution < 1.29 is 28.6 Å². The van der Waals surface area contributed by atoms with Crippen molar-refractivity contribution in [1.29, 1.82) is 0 Å². The van der Waals surface area contributed by atoms with Gasteiger partial charge in [0.1, 0.15) is 0 Å². The number of ether oxygens (including phenoxy) is 3. The summed E-state index contributed by atoms with van der Waals surface area (Å²) < 4.78 is 16.8. The van der Waals surface area contributed by atoms with Crippen LogP contribution in [0.2, 0.25) is 0 Å². The first kappa shape index (κ1) is 24.2. The molecule has 2 aromatic carbocycles. The normalized spacial score (nSPS) is 10.4. The Balaban J connectivity index is 1.94. The molecule has 0 saturated heterocycles. The van der Waals surface area contributed by atoms with Crippen molar-refractivity contribution in [3.05, 3.63) is 52.5 Å². The number of nitrogens with one attached hydrogen (secondary N) is 1. The van der Waals surface area contributed by atoms with Gasteiger partial charge in [-0.2, -0.15) is 0 Å². The molecule has 2 aromatic rings. The summed E-state index contributed by atoms with van der Waals surface area (Å²) in [6.07, 6.45) is 0. The van der Waals surface area contributed by atoms with Gasteiger partial charge in [-0.3, -0.25) is 9.59 Å². The molecule has 1 N–H and O–H groups in total. The first-order valence-electron chi connectivity index (χ1n) is 9.50. The molecule has 166 valence electrons. The molecule has 9 heteroatoms. The number of methoxy groups -OCH3 is 1. The maximum Gasteiger partial charge on any atom is 0.338 e. The number of amides is 2. The minimum Gasteiger partial charge on any atom is -0.493 e. The number of benzene rings is 2. The van der Waals surface area contributed by atoms with E-state index in [0.717, 1.165) is 4.47 Å². The molecule has 8 nitrogen and oxygen atoms in total. The second-order valence-corrected chi connectivity index (χ2v) is 7.80. The van der Waals surface area contributed by atoms with E-state index in [1.165, 1.54) is 30.2 Å². The van der Waals surface area contributed by atoms with Gasteiger partial charge in [0, 0.05) is 23.2 Å². The zero-order valence-electron chi connectivity index (χ0n) is 17.8. The number of carbonyl (C=O) groups is 3. The van der Waals surface area contributed by atoms with Crippen molar-refractivity contribution in [2.45, 2.75) is 19.9 Å². The molecule has 0 aliphatic heterocycles. The number of hydrogen-bond donors (Lipinski definition) is 1. The van der Waals surface area contributed by atoms with E-state index in [9.17, 15) is 14.4 Å². The highest BCUT2D eigenvalue weighted by molar-refractivity contribution is 9.10. The van der Waals surface area contributed by atoms with E-state index in [1.807, 2.05) is 26.0 Å². The van der Waals surface area contributed by atoms with Crippen LogP contribution in [-0.4, -0.2) is 56.1 Å². The Bertz CT molecular complexity index is 930. The first-order valence-corrected chi connectivity index (χ1v) is 10.3. The molecule has 2 amide bonds. The van der Waals surface area contributed by atoms with Crippen LogP contribution in [0.15, 0.2) is 46.9 Å². The predicted octanol–water partition coefficient (Wildman–Crippen LogP) is 3.50. The van der Waals surface area contributed by atoms with Crippen molar-refractivity contribution in [2.75, 3.05) is 32.7 Å². The fraction of sp³-hybridized carbons (Fsp3) is 0.318. The highest BCUT2D eigenvalue weighted by Gasteiger charge is 2.17. The van der Waals surface area contributed by atoms with Gasteiger partial charge in [-0.15, -0.1) is 0 Å². The third-order valence-electron chi connectivity index (χ3n) is 4.38. The molecule has 0 bridgehead atoms. The van der Waals surface area contributed by atoms with Gasteiger partial charge in [0.15, 0.2) is 24.7 Å². The fourth-order valence-corrected chi connectivity index (χ4v) is 2.65. The number of halogens is 1. The molecule has 0 radical (unpaired) electrons. The maximum atomic E-state index is 12.3.